The van der Waals surface area contributed by atoms with E-state index < -0.39 is 6.10 Å². The fraction of sp³-hybridized carbons (Fsp3) is 0.734. The lowest BCUT2D eigenvalue weighted by molar-refractivity contribution is -0.167. The smallest absolute Gasteiger partial charge is 0.306 e. The quantitative estimate of drug-likeness (QED) is 0.0261. The molecular weight excluding hydrogens is 865 g/mol. The molecule has 0 aromatic rings. The molecule has 1 atom stereocenters. The molecule has 0 rings (SSSR count). The molecular formula is C64H110O6. The molecule has 0 fully saturated rings. The molecule has 0 spiro atoms. The van der Waals surface area contributed by atoms with Crippen LogP contribution in [0.2, 0.25) is 0 Å². The van der Waals surface area contributed by atoms with Crippen molar-refractivity contribution in [2.75, 3.05) is 13.2 Å². The Morgan fingerprint density at radius 2 is 0.557 bits per heavy atom. The van der Waals surface area contributed by atoms with Crippen molar-refractivity contribution in [1.29, 1.82) is 0 Å². The van der Waals surface area contributed by atoms with Gasteiger partial charge in [-0.1, -0.05) is 254 Å². The van der Waals surface area contributed by atoms with Gasteiger partial charge in [0, 0.05) is 19.3 Å². The van der Waals surface area contributed by atoms with Gasteiger partial charge in [-0.2, -0.15) is 0 Å². The zero-order valence-corrected chi connectivity index (χ0v) is 46.0. The van der Waals surface area contributed by atoms with E-state index in [1.165, 1.54) is 148 Å². The van der Waals surface area contributed by atoms with Crippen LogP contribution in [0.5, 0.6) is 0 Å². The summed E-state index contributed by atoms with van der Waals surface area (Å²) in [5.74, 6) is -0.931. The third-order valence-electron chi connectivity index (χ3n) is 12.6. The Hall–Kier alpha value is -3.41. The van der Waals surface area contributed by atoms with Gasteiger partial charge in [-0.3, -0.25) is 14.4 Å². The normalized spacial score (nSPS) is 12.7. The minimum Gasteiger partial charge on any atom is -0.462 e. The van der Waals surface area contributed by atoms with Crippen molar-refractivity contribution in [2.45, 2.75) is 290 Å². The number of allylic oxidation sites excluding steroid dienone is 14. The highest BCUT2D eigenvalue weighted by Crippen LogP contribution is 2.15. The first kappa shape index (κ1) is 66.6. The number of hydrogen-bond donors (Lipinski definition) is 0. The Morgan fingerprint density at radius 1 is 0.300 bits per heavy atom. The maximum Gasteiger partial charge on any atom is 0.306 e. The van der Waals surface area contributed by atoms with E-state index >= 15 is 0 Å². The number of rotatable bonds is 53. The van der Waals surface area contributed by atoms with Gasteiger partial charge in [-0.15, -0.1) is 0 Å². The van der Waals surface area contributed by atoms with E-state index in [4.69, 9.17) is 14.2 Å². The fourth-order valence-electron chi connectivity index (χ4n) is 8.21. The summed E-state index contributed by atoms with van der Waals surface area (Å²) >= 11 is 0. The lowest BCUT2D eigenvalue weighted by Crippen LogP contribution is -2.30. The highest BCUT2D eigenvalue weighted by atomic mass is 16.6. The lowest BCUT2D eigenvalue weighted by Gasteiger charge is -2.18. The molecule has 0 saturated heterocycles. The Balaban J connectivity index is 4.44. The molecule has 70 heavy (non-hydrogen) atoms. The van der Waals surface area contributed by atoms with Gasteiger partial charge in [0.2, 0.25) is 0 Å². The second-order valence-corrected chi connectivity index (χ2v) is 19.5. The van der Waals surface area contributed by atoms with Crippen LogP contribution < -0.4 is 0 Å². The monoisotopic (exact) mass is 975 g/mol. The molecule has 0 aliphatic carbocycles. The number of esters is 3. The molecule has 0 bridgehead atoms. The van der Waals surface area contributed by atoms with Crippen molar-refractivity contribution in [3.63, 3.8) is 0 Å². The van der Waals surface area contributed by atoms with Crippen LogP contribution in [0, 0.1) is 0 Å². The minimum absolute atomic E-state index is 0.0900. The van der Waals surface area contributed by atoms with Gasteiger partial charge >= 0.3 is 17.9 Å². The predicted molar refractivity (Wildman–Crippen MR) is 302 cm³/mol. The van der Waals surface area contributed by atoms with Gasteiger partial charge in [-0.05, 0) is 96.3 Å². The molecule has 402 valence electrons. The summed E-state index contributed by atoms with van der Waals surface area (Å²) in [5, 5.41) is 0. The molecule has 0 amide bonds. The van der Waals surface area contributed by atoms with Crippen molar-refractivity contribution < 1.29 is 28.6 Å². The molecule has 0 radical (unpaired) electrons. The molecule has 6 nitrogen and oxygen atoms in total. The van der Waals surface area contributed by atoms with Gasteiger partial charge in [0.1, 0.15) is 13.2 Å². The van der Waals surface area contributed by atoms with Crippen LogP contribution in [0.25, 0.3) is 0 Å². The number of carbonyl (C=O) groups is 3. The molecule has 0 aliphatic heterocycles. The van der Waals surface area contributed by atoms with Gasteiger partial charge in [-0.25, -0.2) is 0 Å². The summed E-state index contributed by atoms with van der Waals surface area (Å²) < 4.78 is 16.8. The summed E-state index contributed by atoms with van der Waals surface area (Å²) in [6.07, 6.45) is 75.7. The predicted octanol–water partition coefficient (Wildman–Crippen LogP) is 19.9. The van der Waals surface area contributed by atoms with Gasteiger partial charge in [0.15, 0.2) is 6.10 Å². The summed E-state index contributed by atoms with van der Waals surface area (Å²) in [6.45, 7) is 6.50. The van der Waals surface area contributed by atoms with Crippen LogP contribution in [0.1, 0.15) is 284 Å². The highest BCUT2D eigenvalue weighted by Gasteiger charge is 2.19. The van der Waals surface area contributed by atoms with Crippen molar-refractivity contribution in [2.24, 2.45) is 0 Å². The van der Waals surface area contributed by atoms with Gasteiger partial charge in [0.25, 0.3) is 0 Å². The average Bonchev–Trinajstić information content (AvgIpc) is 3.36. The Labute approximate surface area is 433 Å². The SMILES string of the molecule is CC/C=C\C/C=C\C/C=C\C/C=C\C/C=C\C/C=C\CCCCC(=O)OCC(COC(=O)CCCCCCCCCCCCCCC)OC(=O)CCCCCCCCC/C=C\CCCCCCCCC. The average molecular weight is 976 g/mol. The zero-order valence-electron chi connectivity index (χ0n) is 46.0. The molecule has 0 heterocycles. The van der Waals surface area contributed by atoms with E-state index in [1.54, 1.807) is 0 Å². The number of unbranched alkanes of at least 4 members (excludes halogenated alkanes) is 28. The van der Waals surface area contributed by atoms with E-state index in [0.29, 0.717) is 19.3 Å². The van der Waals surface area contributed by atoms with Crippen LogP contribution >= 0.6 is 0 Å². The van der Waals surface area contributed by atoms with Crippen molar-refractivity contribution >= 4 is 17.9 Å². The third kappa shape index (κ3) is 55.5. The molecule has 0 saturated carbocycles. The second-order valence-electron chi connectivity index (χ2n) is 19.5. The topological polar surface area (TPSA) is 78.9 Å². The second kappa shape index (κ2) is 58.2. The molecule has 0 aliphatic rings. The minimum atomic E-state index is -0.796. The third-order valence-corrected chi connectivity index (χ3v) is 12.6. The number of hydrogen-bond acceptors (Lipinski definition) is 6. The van der Waals surface area contributed by atoms with Gasteiger partial charge < -0.3 is 14.2 Å². The number of ether oxygens (including phenoxy) is 3. The Bertz CT molecular complexity index is 1350. The van der Waals surface area contributed by atoms with Crippen molar-refractivity contribution in [3.8, 4) is 0 Å². The van der Waals surface area contributed by atoms with E-state index in [0.717, 1.165) is 96.3 Å². The summed E-state index contributed by atoms with van der Waals surface area (Å²) in [4.78, 5) is 38.2. The zero-order chi connectivity index (χ0) is 50.7. The van der Waals surface area contributed by atoms with Crippen molar-refractivity contribution in [1.82, 2.24) is 0 Å². The van der Waals surface area contributed by atoms with E-state index in [-0.39, 0.29) is 31.1 Å². The van der Waals surface area contributed by atoms with Crippen LogP contribution in [-0.4, -0.2) is 37.2 Å². The first-order valence-electron chi connectivity index (χ1n) is 29.6. The van der Waals surface area contributed by atoms with Crippen LogP contribution in [0.15, 0.2) is 85.1 Å². The maximum absolute atomic E-state index is 12.9. The van der Waals surface area contributed by atoms with Crippen LogP contribution in [-0.2, 0) is 28.6 Å². The molecule has 0 aromatic carbocycles. The largest absolute Gasteiger partial charge is 0.462 e. The number of carbonyl (C=O) groups excluding carboxylic acids is 3. The van der Waals surface area contributed by atoms with E-state index in [2.05, 4.69) is 106 Å². The first-order chi connectivity index (χ1) is 34.5. The molecule has 0 N–H and O–H groups in total. The Morgan fingerprint density at radius 3 is 0.914 bits per heavy atom. The molecule has 1 unspecified atom stereocenters. The van der Waals surface area contributed by atoms with E-state index in [1.807, 2.05) is 0 Å². The standard InChI is InChI=1S/C64H110O6/c1-4-7-10-13-16-19-22-25-27-29-31-32-33-35-36-39-42-45-48-51-54-57-63(66)69-60-61(59-68-62(65)56-53-50-47-44-41-38-24-21-18-15-12-9-6-3)70-64(67)58-55-52-49-46-43-40-37-34-30-28-26-23-20-17-14-11-8-5-2/h7,10,16,19,25,27-28,30-32,35-36,42,45,61H,4-6,8-9,11-15,17-18,20-24,26,29,33-34,37-41,43-44,46-60H2,1-3H3/b10-7-,19-16-,27-25-,30-28-,32-31-,36-35-,45-42-. The Kier molecular flexibility index (Phi) is 55.3. The fourth-order valence-corrected chi connectivity index (χ4v) is 8.21. The first-order valence-corrected chi connectivity index (χ1v) is 29.6. The van der Waals surface area contributed by atoms with E-state index in [9.17, 15) is 14.4 Å². The van der Waals surface area contributed by atoms with Crippen molar-refractivity contribution in [3.05, 3.63) is 85.1 Å². The van der Waals surface area contributed by atoms with Crippen LogP contribution in [0.4, 0.5) is 0 Å². The van der Waals surface area contributed by atoms with Crippen LogP contribution in [0.3, 0.4) is 0 Å². The molecule has 0 aromatic heterocycles. The molecule has 6 heteroatoms. The summed E-state index contributed by atoms with van der Waals surface area (Å²) in [7, 11) is 0. The lowest BCUT2D eigenvalue weighted by atomic mass is 10.0. The maximum atomic E-state index is 12.9. The summed E-state index contributed by atoms with van der Waals surface area (Å²) in [6, 6.07) is 0. The van der Waals surface area contributed by atoms with Gasteiger partial charge in [0.05, 0.1) is 0 Å². The summed E-state index contributed by atoms with van der Waals surface area (Å²) in [5.41, 5.74) is 0. The highest BCUT2D eigenvalue weighted by molar-refractivity contribution is 5.71.